The van der Waals surface area contributed by atoms with Gasteiger partial charge in [-0.1, -0.05) is 36.3 Å². The fourth-order valence-electron chi connectivity index (χ4n) is 3.77. The molecular weight excluding hydrogens is 439 g/mol. The van der Waals surface area contributed by atoms with E-state index in [0.717, 1.165) is 12.1 Å². The Hall–Kier alpha value is -3.21. The first-order valence-electron chi connectivity index (χ1n) is 10.6. The molecule has 2 aromatic heterocycles. The standard InChI is InChI=1S/C22H24F3N5O3/c1-13(2)19-18(14(3)27-33-19)21(31)30-9-7-29(8-10-30)12-17-26-20(28-32-17)15-5-4-6-16(11-15)22(23,24)25/h4-6,11,13H,7-10,12H2,1-3H3. The predicted octanol–water partition coefficient (Wildman–Crippen LogP) is 4.13. The predicted molar refractivity (Wildman–Crippen MR) is 111 cm³/mol. The molecule has 1 fully saturated rings. The van der Waals surface area contributed by atoms with Crippen molar-refractivity contribution in [2.75, 3.05) is 26.2 Å². The molecule has 0 aliphatic carbocycles. The van der Waals surface area contributed by atoms with Gasteiger partial charge in [-0.05, 0) is 19.1 Å². The number of aromatic nitrogens is 3. The summed E-state index contributed by atoms with van der Waals surface area (Å²) in [6.45, 7) is 8.21. The SMILES string of the molecule is Cc1noc(C(C)C)c1C(=O)N1CCN(Cc2nc(-c3cccc(C(F)(F)F)c3)no2)CC1. The summed E-state index contributed by atoms with van der Waals surface area (Å²) in [5.41, 5.74) is 0.580. The number of halogens is 3. The number of amides is 1. The molecular formula is C22H24F3N5O3. The number of carbonyl (C=O) groups excluding carboxylic acids is 1. The van der Waals surface area contributed by atoms with Gasteiger partial charge in [-0.3, -0.25) is 9.69 Å². The van der Waals surface area contributed by atoms with E-state index in [9.17, 15) is 18.0 Å². The molecule has 0 atom stereocenters. The first-order chi connectivity index (χ1) is 15.6. The second kappa shape index (κ2) is 8.97. The van der Waals surface area contributed by atoms with Crippen molar-refractivity contribution >= 4 is 5.91 Å². The molecule has 4 rings (SSSR count). The number of rotatable bonds is 5. The van der Waals surface area contributed by atoms with Crippen LogP contribution in [-0.2, 0) is 12.7 Å². The average Bonchev–Trinajstić information content (AvgIpc) is 3.40. The Morgan fingerprint density at radius 3 is 2.52 bits per heavy atom. The Balaban J connectivity index is 1.37. The number of benzene rings is 1. The second-order valence-electron chi connectivity index (χ2n) is 8.32. The van der Waals surface area contributed by atoms with Crippen molar-refractivity contribution in [1.82, 2.24) is 25.1 Å². The van der Waals surface area contributed by atoms with Crippen molar-refractivity contribution in [1.29, 1.82) is 0 Å². The van der Waals surface area contributed by atoms with E-state index in [0.29, 0.717) is 55.6 Å². The molecule has 1 aliphatic rings. The molecule has 1 aromatic carbocycles. The van der Waals surface area contributed by atoms with Crippen molar-refractivity contribution in [2.45, 2.75) is 39.4 Å². The van der Waals surface area contributed by atoms with Crippen LogP contribution in [0.15, 0.2) is 33.3 Å². The third-order valence-corrected chi connectivity index (χ3v) is 5.56. The van der Waals surface area contributed by atoms with Gasteiger partial charge >= 0.3 is 6.18 Å². The van der Waals surface area contributed by atoms with E-state index in [4.69, 9.17) is 9.05 Å². The molecule has 1 aliphatic heterocycles. The van der Waals surface area contributed by atoms with Crippen molar-refractivity contribution in [3.63, 3.8) is 0 Å². The lowest BCUT2D eigenvalue weighted by Gasteiger charge is -2.34. The molecule has 0 saturated carbocycles. The van der Waals surface area contributed by atoms with Crippen LogP contribution in [0, 0.1) is 6.92 Å². The average molecular weight is 463 g/mol. The van der Waals surface area contributed by atoms with Crippen molar-refractivity contribution in [2.24, 2.45) is 0 Å². The summed E-state index contributed by atoms with van der Waals surface area (Å²) in [7, 11) is 0. The highest BCUT2D eigenvalue weighted by atomic mass is 19.4. The maximum atomic E-state index is 13.0. The molecule has 1 saturated heterocycles. The maximum absolute atomic E-state index is 13.0. The molecule has 11 heteroatoms. The number of nitrogens with zero attached hydrogens (tertiary/aromatic N) is 5. The lowest BCUT2D eigenvalue weighted by molar-refractivity contribution is -0.137. The molecule has 1 amide bonds. The van der Waals surface area contributed by atoms with Crippen LogP contribution in [0.4, 0.5) is 13.2 Å². The Morgan fingerprint density at radius 1 is 1.12 bits per heavy atom. The van der Waals surface area contributed by atoms with Gasteiger partial charge in [0.1, 0.15) is 5.56 Å². The van der Waals surface area contributed by atoms with Gasteiger partial charge in [-0.2, -0.15) is 18.2 Å². The second-order valence-corrected chi connectivity index (χ2v) is 8.32. The molecule has 3 aromatic rings. The molecule has 0 radical (unpaired) electrons. The third kappa shape index (κ3) is 4.92. The number of hydrogen-bond acceptors (Lipinski definition) is 7. The van der Waals surface area contributed by atoms with Crippen LogP contribution in [0.25, 0.3) is 11.4 Å². The zero-order valence-electron chi connectivity index (χ0n) is 18.5. The maximum Gasteiger partial charge on any atom is 0.416 e. The highest BCUT2D eigenvalue weighted by Crippen LogP contribution is 2.31. The Labute approximate surface area is 188 Å². The van der Waals surface area contributed by atoms with Crippen molar-refractivity contribution in [3.8, 4) is 11.4 Å². The van der Waals surface area contributed by atoms with E-state index in [1.54, 1.807) is 11.8 Å². The van der Waals surface area contributed by atoms with Crippen LogP contribution in [0.5, 0.6) is 0 Å². The first kappa shape index (κ1) is 23.0. The number of carbonyl (C=O) groups is 1. The van der Waals surface area contributed by atoms with E-state index < -0.39 is 11.7 Å². The number of piperazine rings is 1. The zero-order valence-corrected chi connectivity index (χ0v) is 18.5. The monoisotopic (exact) mass is 463 g/mol. The Bertz CT molecular complexity index is 1130. The van der Waals surface area contributed by atoms with Crippen molar-refractivity contribution in [3.05, 3.63) is 52.7 Å². The summed E-state index contributed by atoms with van der Waals surface area (Å²) < 4.78 is 49.4. The largest absolute Gasteiger partial charge is 0.416 e. The smallest absolute Gasteiger partial charge is 0.360 e. The zero-order chi connectivity index (χ0) is 23.8. The molecule has 176 valence electrons. The van der Waals surface area contributed by atoms with E-state index in [1.165, 1.54) is 12.1 Å². The van der Waals surface area contributed by atoms with Gasteiger partial charge in [-0.15, -0.1) is 0 Å². The number of aryl methyl sites for hydroxylation is 1. The third-order valence-electron chi connectivity index (χ3n) is 5.56. The van der Waals surface area contributed by atoms with Gasteiger partial charge in [0.2, 0.25) is 11.7 Å². The molecule has 8 nitrogen and oxygen atoms in total. The van der Waals surface area contributed by atoms with Crippen LogP contribution in [-0.4, -0.2) is 57.2 Å². The topological polar surface area (TPSA) is 88.5 Å². The molecule has 0 bridgehead atoms. The summed E-state index contributed by atoms with van der Waals surface area (Å²) in [5, 5.41) is 7.77. The van der Waals surface area contributed by atoms with Crippen LogP contribution in [0.3, 0.4) is 0 Å². The van der Waals surface area contributed by atoms with E-state index in [2.05, 4.69) is 20.2 Å². The summed E-state index contributed by atoms with van der Waals surface area (Å²) in [5.74, 6) is 0.956. The molecule has 0 unspecified atom stereocenters. The first-order valence-corrected chi connectivity index (χ1v) is 10.6. The van der Waals surface area contributed by atoms with Gasteiger partial charge in [0.15, 0.2) is 5.76 Å². The highest BCUT2D eigenvalue weighted by molar-refractivity contribution is 5.96. The molecule has 3 heterocycles. The van der Waals surface area contributed by atoms with Gasteiger partial charge < -0.3 is 13.9 Å². The summed E-state index contributed by atoms with van der Waals surface area (Å²) >= 11 is 0. The van der Waals surface area contributed by atoms with Crippen LogP contribution in [0.2, 0.25) is 0 Å². The Kier molecular flexibility index (Phi) is 6.24. The Morgan fingerprint density at radius 2 is 1.85 bits per heavy atom. The van der Waals surface area contributed by atoms with Crippen molar-refractivity contribution < 1.29 is 27.0 Å². The van der Waals surface area contributed by atoms with Gasteiger partial charge in [0, 0.05) is 37.7 Å². The molecule has 0 N–H and O–H groups in total. The quantitative estimate of drug-likeness (QED) is 0.562. The van der Waals surface area contributed by atoms with E-state index >= 15 is 0 Å². The minimum Gasteiger partial charge on any atom is -0.360 e. The van der Waals surface area contributed by atoms with Gasteiger partial charge in [0.25, 0.3) is 5.91 Å². The van der Waals surface area contributed by atoms with Crippen LogP contribution < -0.4 is 0 Å². The normalized spacial score (nSPS) is 15.4. The minimum atomic E-state index is -4.44. The van der Waals surface area contributed by atoms with Gasteiger partial charge in [0.05, 0.1) is 17.8 Å². The summed E-state index contributed by atoms with van der Waals surface area (Å²) in [6.07, 6.45) is -4.44. The van der Waals surface area contributed by atoms with Crippen LogP contribution >= 0.6 is 0 Å². The van der Waals surface area contributed by atoms with Crippen LogP contribution in [0.1, 0.15) is 53.0 Å². The lowest BCUT2D eigenvalue weighted by atomic mass is 10.0. The fraction of sp³-hybridized carbons (Fsp3) is 0.455. The number of alkyl halides is 3. The molecule has 0 spiro atoms. The van der Waals surface area contributed by atoms with E-state index in [1.807, 2.05) is 13.8 Å². The van der Waals surface area contributed by atoms with E-state index in [-0.39, 0.29) is 23.2 Å². The lowest BCUT2D eigenvalue weighted by Crippen LogP contribution is -2.48. The fourth-order valence-corrected chi connectivity index (χ4v) is 3.77. The number of hydrogen-bond donors (Lipinski definition) is 0. The minimum absolute atomic E-state index is 0.0509. The summed E-state index contributed by atoms with van der Waals surface area (Å²) in [6, 6.07) is 4.81. The molecule has 33 heavy (non-hydrogen) atoms. The van der Waals surface area contributed by atoms with Gasteiger partial charge in [-0.25, -0.2) is 0 Å². The highest BCUT2D eigenvalue weighted by Gasteiger charge is 2.31. The summed E-state index contributed by atoms with van der Waals surface area (Å²) in [4.78, 5) is 21.1.